The van der Waals surface area contributed by atoms with E-state index in [1.165, 1.54) is 62.7 Å². The van der Waals surface area contributed by atoms with Gasteiger partial charge in [0.15, 0.2) is 0 Å². The summed E-state index contributed by atoms with van der Waals surface area (Å²) in [6.45, 7) is 3.04. The molecule has 3 N–H and O–H groups in total. The van der Waals surface area contributed by atoms with Crippen molar-refractivity contribution in [3.63, 3.8) is 0 Å². The Morgan fingerprint density at radius 2 is 1.42 bits per heavy atom. The third-order valence-electron chi connectivity index (χ3n) is 9.48. The van der Waals surface area contributed by atoms with Crippen LogP contribution < -0.4 is 5.73 Å². The molecule has 8 heteroatoms. The predicted molar refractivity (Wildman–Crippen MR) is 190 cm³/mol. The van der Waals surface area contributed by atoms with E-state index in [0.717, 1.165) is 55.9 Å². The fourth-order valence-electron chi connectivity index (χ4n) is 6.91. The maximum atomic E-state index is 12.4. The molecule has 6 aromatic rings. The van der Waals surface area contributed by atoms with E-state index in [2.05, 4.69) is 76.6 Å². The van der Waals surface area contributed by atoms with Crippen LogP contribution in [0, 0.1) is 0 Å². The molecule has 5 aromatic carbocycles. The minimum absolute atomic E-state index is 0.0576. The van der Waals surface area contributed by atoms with Crippen LogP contribution in [0.25, 0.3) is 33.4 Å². The van der Waals surface area contributed by atoms with Crippen molar-refractivity contribution < 1.29 is 23.1 Å². The number of benzene rings is 5. The molecule has 5 nitrogen and oxygen atoms in total. The number of hydrogen-bond acceptors (Lipinski definition) is 4. The summed E-state index contributed by atoms with van der Waals surface area (Å²) in [5, 5.41) is 9.03. The van der Waals surface area contributed by atoms with Gasteiger partial charge in [-0.05, 0) is 92.4 Å². The second-order valence-corrected chi connectivity index (χ2v) is 12.6. The Labute approximate surface area is 288 Å². The van der Waals surface area contributed by atoms with Gasteiger partial charge >= 0.3 is 12.1 Å². The van der Waals surface area contributed by atoms with Crippen LogP contribution >= 0.6 is 0 Å². The number of aromatic carboxylic acids is 1. The Bertz CT molecular complexity index is 2180. The summed E-state index contributed by atoms with van der Waals surface area (Å²) in [4.78, 5) is 17.7. The highest BCUT2D eigenvalue weighted by Gasteiger charge is 2.30. The molecule has 0 spiro atoms. The number of anilines is 1. The zero-order valence-corrected chi connectivity index (χ0v) is 27.1. The van der Waals surface area contributed by atoms with Crippen LogP contribution in [0.15, 0.2) is 128 Å². The normalized spacial score (nSPS) is 13.4. The zero-order chi connectivity index (χ0) is 34.8. The molecule has 0 fully saturated rings. The SMILES string of the molecule is Nc1c(-c2ccc3c(c2)CCN(Cc2ccncc2)C3)ccc2c1Cc1ccccc1-2.O=C(O)c1ccccc1-c1ccc(C(F)(F)F)cc1. The molecule has 1 aromatic heterocycles. The van der Waals surface area contributed by atoms with Crippen molar-refractivity contribution in [2.45, 2.75) is 32.1 Å². The van der Waals surface area contributed by atoms with Crippen LogP contribution in [-0.2, 0) is 32.1 Å². The molecule has 0 saturated carbocycles. The molecular weight excluding hydrogens is 635 g/mol. The summed E-state index contributed by atoms with van der Waals surface area (Å²) >= 11 is 0. The second-order valence-electron chi connectivity index (χ2n) is 12.6. The number of aromatic nitrogens is 1. The molecule has 0 atom stereocenters. The van der Waals surface area contributed by atoms with E-state index in [4.69, 9.17) is 10.8 Å². The van der Waals surface area contributed by atoms with Gasteiger partial charge in [-0.2, -0.15) is 13.2 Å². The maximum absolute atomic E-state index is 12.4. The molecular formula is C42H34F3N3O2. The number of nitrogen functional groups attached to an aromatic ring is 1. The van der Waals surface area contributed by atoms with Gasteiger partial charge < -0.3 is 10.8 Å². The third-order valence-corrected chi connectivity index (χ3v) is 9.48. The quantitative estimate of drug-likeness (QED) is 0.179. The summed E-state index contributed by atoms with van der Waals surface area (Å²) in [6, 6.07) is 34.8. The molecule has 0 radical (unpaired) electrons. The summed E-state index contributed by atoms with van der Waals surface area (Å²) in [5.41, 5.74) is 19.6. The number of carbonyl (C=O) groups is 1. The standard InChI is InChI=1S/C28H25N3.C14H9F3O2/c29-28-25(7-8-26-24-4-2-1-3-21(24)16-27(26)28)22-5-6-23-18-31(14-11-20(23)15-22)17-19-9-12-30-13-10-19;15-14(16,17)10-7-5-9(6-8-10)11-3-1-2-4-12(11)13(18)19/h1-10,12-13,15H,11,14,16-18,29H2;1-8H,(H,18,19). The van der Waals surface area contributed by atoms with Crippen LogP contribution in [0.3, 0.4) is 0 Å². The number of fused-ring (bicyclic) bond motifs is 4. The summed E-state index contributed by atoms with van der Waals surface area (Å²) in [6.07, 6.45) is 1.35. The summed E-state index contributed by atoms with van der Waals surface area (Å²) in [5.74, 6) is -1.12. The van der Waals surface area contributed by atoms with Gasteiger partial charge in [0.1, 0.15) is 0 Å². The highest BCUT2D eigenvalue weighted by Crippen LogP contribution is 2.43. The van der Waals surface area contributed by atoms with Crippen LogP contribution in [0.2, 0.25) is 0 Å². The molecule has 250 valence electrons. The highest BCUT2D eigenvalue weighted by molar-refractivity contribution is 5.96. The van der Waals surface area contributed by atoms with Crippen LogP contribution in [0.4, 0.5) is 18.9 Å². The minimum atomic E-state index is -4.40. The first kappa shape index (κ1) is 32.8. The van der Waals surface area contributed by atoms with Gasteiger partial charge in [0.2, 0.25) is 0 Å². The van der Waals surface area contributed by atoms with E-state index in [9.17, 15) is 18.0 Å². The lowest BCUT2D eigenvalue weighted by atomic mass is 9.91. The fraction of sp³-hybridized carbons (Fsp3) is 0.143. The largest absolute Gasteiger partial charge is 0.478 e. The molecule has 0 amide bonds. The van der Waals surface area contributed by atoms with Crippen molar-refractivity contribution >= 4 is 11.7 Å². The first-order chi connectivity index (χ1) is 24.2. The number of hydrogen-bond donors (Lipinski definition) is 2. The Kier molecular flexibility index (Phi) is 8.95. The van der Waals surface area contributed by atoms with Crippen LogP contribution in [0.1, 0.15) is 43.7 Å². The van der Waals surface area contributed by atoms with Crippen molar-refractivity contribution in [2.75, 3.05) is 12.3 Å². The number of pyridine rings is 1. The predicted octanol–water partition coefficient (Wildman–Crippen LogP) is 9.53. The molecule has 0 bridgehead atoms. The summed E-state index contributed by atoms with van der Waals surface area (Å²) < 4.78 is 37.3. The number of halogens is 3. The first-order valence-electron chi connectivity index (χ1n) is 16.4. The van der Waals surface area contributed by atoms with Gasteiger partial charge in [-0.3, -0.25) is 9.88 Å². The van der Waals surface area contributed by atoms with Crippen molar-refractivity contribution in [3.05, 3.63) is 167 Å². The van der Waals surface area contributed by atoms with Crippen molar-refractivity contribution in [1.29, 1.82) is 0 Å². The molecule has 1 aliphatic carbocycles. The van der Waals surface area contributed by atoms with Gasteiger partial charge in [-0.1, -0.05) is 84.9 Å². The topological polar surface area (TPSA) is 79.5 Å². The number of carboxylic acid groups (broad SMARTS) is 1. The molecule has 1 aliphatic heterocycles. The minimum Gasteiger partial charge on any atom is -0.478 e. The van der Waals surface area contributed by atoms with E-state index in [1.807, 2.05) is 12.4 Å². The van der Waals surface area contributed by atoms with Crippen LogP contribution in [-0.4, -0.2) is 27.5 Å². The number of carboxylic acids is 1. The first-order valence-corrected chi connectivity index (χ1v) is 16.4. The Morgan fingerprint density at radius 1 is 0.740 bits per heavy atom. The maximum Gasteiger partial charge on any atom is 0.416 e. The van der Waals surface area contributed by atoms with Gasteiger partial charge in [-0.15, -0.1) is 0 Å². The molecule has 50 heavy (non-hydrogen) atoms. The lowest BCUT2D eigenvalue weighted by Gasteiger charge is -2.29. The Hall–Kier alpha value is -5.73. The monoisotopic (exact) mass is 669 g/mol. The molecule has 2 aliphatic rings. The lowest BCUT2D eigenvalue weighted by molar-refractivity contribution is -0.137. The van der Waals surface area contributed by atoms with Gasteiger partial charge in [0.05, 0.1) is 11.1 Å². The van der Waals surface area contributed by atoms with Crippen molar-refractivity contribution in [3.8, 4) is 33.4 Å². The van der Waals surface area contributed by atoms with E-state index in [-0.39, 0.29) is 5.56 Å². The lowest BCUT2D eigenvalue weighted by Crippen LogP contribution is -2.30. The zero-order valence-electron chi connectivity index (χ0n) is 27.1. The summed E-state index contributed by atoms with van der Waals surface area (Å²) in [7, 11) is 0. The molecule has 2 heterocycles. The molecule has 0 saturated heterocycles. The van der Waals surface area contributed by atoms with E-state index >= 15 is 0 Å². The van der Waals surface area contributed by atoms with E-state index < -0.39 is 17.7 Å². The smallest absolute Gasteiger partial charge is 0.416 e. The van der Waals surface area contributed by atoms with Crippen molar-refractivity contribution in [1.82, 2.24) is 9.88 Å². The fourth-order valence-corrected chi connectivity index (χ4v) is 6.91. The third kappa shape index (κ3) is 6.75. The molecule has 0 unspecified atom stereocenters. The Morgan fingerprint density at radius 3 is 2.16 bits per heavy atom. The second kappa shape index (κ2) is 13.6. The number of alkyl halides is 3. The van der Waals surface area contributed by atoms with Crippen LogP contribution in [0.5, 0.6) is 0 Å². The number of nitrogens with two attached hydrogens (primary N) is 1. The van der Waals surface area contributed by atoms with E-state index in [1.54, 1.807) is 18.2 Å². The van der Waals surface area contributed by atoms with Gasteiger partial charge in [-0.25, -0.2) is 4.79 Å². The number of rotatable bonds is 5. The van der Waals surface area contributed by atoms with Crippen molar-refractivity contribution in [2.24, 2.45) is 0 Å². The number of nitrogens with zero attached hydrogens (tertiary/aromatic N) is 2. The van der Waals surface area contributed by atoms with Gasteiger partial charge in [0, 0.05) is 49.7 Å². The Balaban J connectivity index is 0.000000178. The molecule has 8 rings (SSSR count). The average molecular weight is 670 g/mol. The highest BCUT2D eigenvalue weighted by atomic mass is 19.4. The average Bonchev–Trinajstić information content (AvgIpc) is 3.52. The van der Waals surface area contributed by atoms with Gasteiger partial charge in [0.25, 0.3) is 0 Å². The van der Waals surface area contributed by atoms with E-state index in [0.29, 0.717) is 11.1 Å².